The van der Waals surface area contributed by atoms with Gasteiger partial charge in [-0.3, -0.25) is 4.90 Å². The molecule has 0 bridgehead atoms. The molecule has 0 N–H and O–H groups in total. The van der Waals surface area contributed by atoms with Crippen molar-refractivity contribution < 1.29 is 18.7 Å². The number of carbonyl (C=O) groups is 1. The second-order valence-electron chi connectivity index (χ2n) is 4.07. The van der Waals surface area contributed by atoms with Crippen LogP contribution in [-0.4, -0.2) is 50.3 Å². The van der Waals surface area contributed by atoms with E-state index >= 15 is 0 Å². The first-order valence-electron chi connectivity index (χ1n) is 5.99. The van der Waals surface area contributed by atoms with Crippen LogP contribution >= 0.6 is 12.4 Å². The van der Waals surface area contributed by atoms with E-state index in [2.05, 4.69) is 4.90 Å². The highest BCUT2D eigenvalue weighted by Gasteiger charge is 2.14. The zero-order chi connectivity index (χ0) is 12.8. The van der Waals surface area contributed by atoms with Crippen LogP contribution in [0.2, 0.25) is 0 Å². The van der Waals surface area contributed by atoms with Crippen LogP contribution in [0, 0.1) is 5.82 Å². The monoisotopic (exact) mass is 289 g/mol. The van der Waals surface area contributed by atoms with Crippen LogP contribution in [0.15, 0.2) is 24.3 Å². The maximum atomic E-state index is 13.3. The molecule has 0 spiro atoms. The quantitative estimate of drug-likeness (QED) is 0.792. The number of carbonyl (C=O) groups excluding carboxylic acids is 1. The molecule has 19 heavy (non-hydrogen) atoms. The molecule has 1 aliphatic rings. The fourth-order valence-corrected chi connectivity index (χ4v) is 1.80. The Bertz CT molecular complexity index is 411. The van der Waals surface area contributed by atoms with Gasteiger partial charge in [-0.2, -0.15) is 0 Å². The van der Waals surface area contributed by atoms with Crippen LogP contribution in [0.4, 0.5) is 4.39 Å². The third-order valence-corrected chi connectivity index (χ3v) is 2.84. The number of halogens is 2. The lowest BCUT2D eigenvalue weighted by atomic mass is 10.2. The molecule has 0 atom stereocenters. The number of rotatable bonds is 4. The van der Waals surface area contributed by atoms with Crippen molar-refractivity contribution in [2.45, 2.75) is 0 Å². The summed E-state index contributed by atoms with van der Waals surface area (Å²) in [6.45, 7) is 4.04. The number of morpholine rings is 1. The Morgan fingerprint density at radius 3 is 2.68 bits per heavy atom. The lowest BCUT2D eigenvalue weighted by Gasteiger charge is -2.26. The van der Waals surface area contributed by atoms with Crippen molar-refractivity contribution in [2.24, 2.45) is 0 Å². The molecule has 1 aliphatic heterocycles. The molecule has 1 aromatic carbocycles. The number of ether oxygens (including phenoxy) is 2. The molecule has 1 saturated heterocycles. The van der Waals surface area contributed by atoms with Gasteiger partial charge in [0.1, 0.15) is 12.4 Å². The van der Waals surface area contributed by atoms with Crippen LogP contribution in [0.5, 0.6) is 0 Å². The summed E-state index contributed by atoms with van der Waals surface area (Å²) in [5.74, 6) is -1.16. The van der Waals surface area contributed by atoms with E-state index in [1.54, 1.807) is 12.1 Å². The molecule has 0 aliphatic carbocycles. The molecule has 1 aromatic rings. The van der Waals surface area contributed by atoms with Crippen molar-refractivity contribution in [1.82, 2.24) is 4.90 Å². The van der Waals surface area contributed by atoms with E-state index in [4.69, 9.17) is 9.47 Å². The van der Waals surface area contributed by atoms with Crippen molar-refractivity contribution in [3.8, 4) is 0 Å². The molecule has 0 unspecified atom stereocenters. The summed E-state index contributed by atoms with van der Waals surface area (Å²) in [5.41, 5.74) is -0.0144. The number of hydrogen-bond donors (Lipinski definition) is 0. The predicted octanol–water partition coefficient (Wildman–Crippen LogP) is 1.74. The fraction of sp³-hybridized carbons (Fsp3) is 0.462. The van der Waals surface area contributed by atoms with Gasteiger partial charge in [0.05, 0.1) is 18.8 Å². The van der Waals surface area contributed by atoms with Crippen molar-refractivity contribution in [3.05, 3.63) is 35.6 Å². The van der Waals surface area contributed by atoms with Crippen LogP contribution in [-0.2, 0) is 9.47 Å². The maximum absolute atomic E-state index is 13.3. The molecule has 0 saturated carbocycles. The smallest absolute Gasteiger partial charge is 0.341 e. The molecular formula is C13H17ClFNO3. The number of hydrogen-bond acceptors (Lipinski definition) is 4. The lowest BCUT2D eigenvalue weighted by molar-refractivity contribution is 0.0194. The second kappa shape index (κ2) is 8.09. The third kappa shape index (κ3) is 4.78. The van der Waals surface area contributed by atoms with Gasteiger partial charge in [-0.1, -0.05) is 12.1 Å². The van der Waals surface area contributed by atoms with Gasteiger partial charge in [0, 0.05) is 19.6 Å². The SMILES string of the molecule is Cl.O=C(OCCN1CCOCC1)c1ccccc1F. The molecular weight excluding hydrogens is 273 g/mol. The van der Waals surface area contributed by atoms with Crippen LogP contribution in [0.3, 0.4) is 0 Å². The minimum atomic E-state index is -0.610. The van der Waals surface area contributed by atoms with Crippen molar-refractivity contribution in [2.75, 3.05) is 39.5 Å². The Balaban J connectivity index is 0.00000180. The van der Waals surface area contributed by atoms with E-state index in [1.165, 1.54) is 12.1 Å². The van der Waals surface area contributed by atoms with E-state index in [0.29, 0.717) is 19.8 Å². The third-order valence-electron chi connectivity index (χ3n) is 2.84. The van der Waals surface area contributed by atoms with Crippen molar-refractivity contribution >= 4 is 18.4 Å². The Labute approximate surface area is 117 Å². The topological polar surface area (TPSA) is 38.8 Å². The lowest BCUT2D eigenvalue weighted by Crippen LogP contribution is -2.38. The molecule has 0 radical (unpaired) electrons. The Morgan fingerprint density at radius 2 is 2.00 bits per heavy atom. The first-order valence-corrected chi connectivity index (χ1v) is 5.99. The molecule has 106 valence electrons. The summed E-state index contributed by atoms with van der Waals surface area (Å²) in [6.07, 6.45) is 0. The average Bonchev–Trinajstić information content (AvgIpc) is 2.40. The van der Waals surface area contributed by atoms with Crippen LogP contribution in [0.25, 0.3) is 0 Å². The molecule has 0 aromatic heterocycles. The molecule has 6 heteroatoms. The average molecular weight is 290 g/mol. The molecule has 1 heterocycles. The summed E-state index contributed by atoms with van der Waals surface area (Å²) in [6, 6.07) is 5.83. The van der Waals surface area contributed by atoms with Gasteiger partial charge in [0.25, 0.3) is 0 Å². The van der Waals surface area contributed by atoms with Gasteiger partial charge in [-0.25, -0.2) is 9.18 Å². The number of nitrogens with zero attached hydrogens (tertiary/aromatic N) is 1. The van der Waals surface area contributed by atoms with Gasteiger partial charge in [-0.15, -0.1) is 12.4 Å². The maximum Gasteiger partial charge on any atom is 0.341 e. The Hall–Kier alpha value is -1.17. The van der Waals surface area contributed by atoms with Crippen molar-refractivity contribution in [3.63, 3.8) is 0 Å². The largest absolute Gasteiger partial charge is 0.461 e. The molecule has 1 fully saturated rings. The Morgan fingerprint density at radius 1 is 1.32 bits per heavy atom. The molecule has 4 nitrogen and oxygen atoms in total. The van der Waals surface area contributed by atoms with Gasteiger partial charge < -0.3 is 9.47 Å². The standard InChI is InChI=1S/C13H16FNO3.ClH/c14-12-4-2-1-3-11(12)13(16)18-10-7-15-5-8-17-9-6-15;/h1-4H,5-10H2;1H. The summed E-state index contributed by atoms with van der Waals surface area (Å²) in [7, 11) is 0. The van der Waals surface area contributed by atoms with Crippen LogP contribution < -0.4 is 0 Å². The van der Waals surface area contributed by atoms with E-state index < -0.39 is 11.8 Å². The normalized spacial score (nSPS) is 15.6. The highest BCUT2D eigenvalue weighted by Crippen LogP contribution is 2.08. The van der Waals surface area contributed by atoms with E-state index in [9.17, 15) is 9.18 Å². The van der Waals surface area contributed by atoms with Gasteiger partial charge in [0.2, 0.25) is 0 Å². The van der Waals surface area contributed by atoms with Gasteiger partial charge in [0.15, 0.2) is 0 Å². The second-order valence-corrected chi connectivity index (χ2v) is 4.07. The first kappa shape index (κ1) is 15.9. The zero-order valence-corrected chi connectivity index (χ0v) is 11.3. The van der Waals surface area contributed by atoms with Crippen molar-refractivity contribution in [1.29, 1.82) is 0 Å². The summed E-state index contributed by atoms with van der Waals surface area (Å²) < 4.78 is 23.6. The predicted molar refractivity (Wildman–Crippen MR) is 71.2 cm³/mol. The highest BCUT2D eigenvalue weighted by atomic mass is 35.5. The fourth-order valence-electron chi connectivity index (χ4n) is 1.80. The molecule has 0 amide bonds. The van der Waals surface area contributed by atoms with E-state index in [1.807, 2.05) is 0 Å². The summed E-state index contributed by atoms with van der Waals surface area (Å²) in [5, 5.41) is 0. The first-order chi connectivity index (χ1) is 8.77. The Kier molecular flexibility index (Phi) is 6.77. The van der Waals surface area contributed by atoms with Gasteiger partial charge >= 0.3 is 5.97 Å². The zero-order valence-electron chi connectivity index (χ0n) is 10.5. The van der Waals surface area contributed by atoms with E-state index in [0.717, 1.165) is 13.1 Å². The van der Waals surface area contributed by atoms with E-state index in [-0.39, 0.29) is 24.6 Å². The summed E-state index contributed by atoms with van der Waals surface area (Å²) >= 11 is 0. The van der Waals surface area contributed by atoms with Gasteiger partial charge in [-0.05, 0) is 12.1 Å². The highest BCUT2D eigenvalue weighted by molar-refractivity contribution is 5.89. The minimum absolute atomic E-state index is 0. The number of esters is 1. The molecule has 2 rings (SSSR count). The number of benzene rings is 1. The minimum Gasteiger partial charge on any atom is -0.461 e. The summed E-state index contributed by atoms with van der Waals surface area (Å²) in [4.78, 5) is 13.8. The van der Waals surface area contributed by atoms with Crippen LogP contribution in [0.1, 0.15) is 10.4 Å².